The van der Waals surface area contributed by atoms with Crippen molar-refractivity contribution in [2.24, 2.45) is 0 Å². The van der Waals surface area contributed by atoms with Crippen LogP contribution in [0, 0.1) is 0 Å². The molecule has 0 aliphatic heterocycles. The van der Waals surface area contributed by atoms with Crippen molar-refractivity contribution in [2.75, 3.05) is 31.3 Å². The Balaban J connectivity index is 2.48. The smallest absolute Gasteiger partial charge is 0.244 e. The maximum atomic E-state index is 13.8. The van der Waals surface area contributed by atoms with Gasteiger partial charge in [0.2, 0.25) is 21.8 Å². The Morgan fingerprint density at radius 3 is 2.30 bits per heavy atom. The van der Waals surface area contributed by atoms with Crippen LogP contribution < -0.4 is 19.1 Å². The summed E-state index contributed by atoms with van der Waals surface area (Å²) in [7, 11) is -0.885. The summed E-state index contributed by atoms with van der Waals surface area (Å²) in [6, 6.07) is 10.7. The van der Waals surface area contributed by atoms with Gasteiger partial charge in [0.15, 0.2) is 0 Å². The molecule has 2 rings (SSSR count). The topological polar surface area (TPSA) is 105 Å². The lowest BCUT2D eigenvalue weighted by Gasteiger charge is -2.33. The van der Waals surface area contributed by atoms with Gasteiger partial charge in [0.05, 0.1) is 31.2 Å². The number of hydrogen-bond acceptors (Lipinski definition) is 6. The van der Waals surface area contributed by atoms with E-state index in [1.54, 1.807) is 25.3 Å². The molecule has 2 aromatic rings. The van der Waals surface area contributed by atoms with Crippen LogP contribution in [0.4, 0.5) is 5.69 Å². The van der Waals surface area contributed by atoms with Crippen molar-refractivity contribution in [2.45, 2.75) is 52.2 Å². The molecular formula is C26H36ClN3O6S. The van der Waals surface area contributed by atoms with Crippen molar-refractivity contribution >= 4 is 39.1 Å². The first-order valence-corrected chi connectivity index (χ1v) is 14.2. The Morgan fingerprint density at radius 2 is 1.76 bits per heavy atom. The van der Waals surface area contributed by atoms with Gasteiger partial charge in [0.25, 0.3) is 0 Å². The lowest BCUT2D eigenvalue weighted by atomic mass is 10.1. The van der Waals surface area contributed by atoms with Gasteiger partial charge in [0.1, 0.15) is 24.1 Å². The van der Waals surface area contributed by atoms with Gasteiger partial charge in [0, 0.05) is 12.6 Å². The average molecular weight is 554 g/mol. The second kappa shape index (κ2) is 13.5. The Morgan fingerprint density at radius 1 is 1.05 bits per heavy atom. The van der Waals surface area contributed by atoms with E-state index in [0.29, 0.717) is 17.9 Å². The highest BCUT2D eigenvalue weighted by molar-refractivity contribution is 7.92. The van der Waals surface area contributed by atoms with Gasteiger partial charge in [-0.25, -0.2) is 8.42 Å². The summed E-state index contributed by atoms with van der Waals surface area (Å²) in [5.74, 6) is 0.142. The van der Waals surface area contributed by atoms with Crippen molar-refractivity contribution < 1.29 is 27.5 Å². The molecule has 0 bridgehead atoms. The van der Waals surface area contributed by atoms with Crippen LogP contribution in [0.25, 0.3) is 0 Å². The molecular weight excluding hydrogens is 518 g/mol. The van der Waals surface area contributed by atoms with E-state index >= 15 is 0 Å². The first-order valence-electron chi connectivity index (χ1n) is 12.0. The molecule has 2 amide bonds. The summed E-state index contributed by atoms with van der Waals surface area (Å²) in [5, 5.41) is 3.14. The Labute approximate surface area is 224 Å². The minimum atomic E-state index is -3.88. The number of hydrogen-bond donors (Lipinski definition) is 1. The molecule has 204 valence electrons. The Kier molecular flexibility index (Phi) is 11.1. The quantitative estimate of drug-likeness (QED) is 0.404. The van der Waals surface area contributed by atoms with E-state index in [0.717, 1.165) is 22.5 Å². The molecule has 2 atom stereocenters. The van der Waals surface area contributed by atoms with Crippen LogP contribution in [-0.4, -0.2) is 64.2 Å². The van der Waals surface area contributed by atoms with Crippen LogP contribution in [-0.2, 0) is 26.2 Å². The predicted molar refractivity (Wildman–Crippen MR) is 146 cm³/mol. The van der Waals surface area contributed by atoms with Crippen molar-refractivity contribution in [1.82, 2.24) is 10.2 Å². The molecule has 11 heteroatoms. The molecule has 0 unspecified atom stereocenters. The molecule has 0 aliphatic carbocycles. The van der Waals surface area contributed by atoms with E-state index in [-0.39, 0.29) is 29.2 Å². The fourth-order valence-electron chi connectivity index (χ4n) is 3.75. The van der Waals surface area contributed by atoms with Crippen molar-refractivity contribution in [3.8, 4) is 11.5 Å². The molecule has 37 heavy (non-hydrogen) atoms. The molecule has 0 spiro atoms. The largest absolute Gasteiger partial charge is 0.497 e. The normalized spacial score (nSPS) is 12.8. The summed E-state index contributed by atoms with van der Waals surface area (Å²) >= 11 is 6.23. The number of ether oxygens (including phenoxy) is 2. The number of halogens is 1. The number of anilines is 1. The molecule has 9 nitrogen and oxygen atoms in total. The third-order valence-electron chi connectivity index (χ3n) is 5.98. The third-order valence-corrected chi connectivity index (χ3v) is 7.41. The monoisotopic (exact) mass is 553 g/mol. The van der Waals surface area contributed by atoms with Gasteiger partial charge in [-0.3, -0.25) is 13.9 Å². The molecule has 0 heterocycles. The van der Waals surface area contributed by atoms with Gasteiger partial charge >= 0.3 is 0 Å². The van der Waals surface area contributed by atoms with Gasteiger partial charge < -0.3 is 19.7 Å². The van der Waals surface area contributed by atoms with Crippen LogP contribution >= 0.6 is 11.6 Å². The summed E-state index contributed by atoms with van der Waals surface area (Å²) in [6.07, 6.45) is 2.08. The number of benzene rings is 2. The first kappa shape index (κ1) is 30.2. The van der Waals surface area contributed by atoms with Crippen molar-refractivity contribution in [3.63, 3.8) is 0 Å². The number of nitrogens with zero attached hydrogens (tertiary/aromatic N) is 2. The minimum Gasteiger partial charge on any atom is -0.497 e. The highest BCUT2D eigenvalue weighted by Crippen LogP contribution is 2.30. The van der Waals surface area contributed by atoms with Crippen LogP contribution in [0.5, 0.6) is 11.5 Å². The molecule has 0 aromatic heterocycles. The highest BCUT2D eigenvalue weighted by atomic mass is 35.5. The first-order chi connectivity index (χ1) is 17.4. The lowest BCUT2D eigenvalue weighted by Crippen LogP contribution is -2.53. The minimum absolute atomic E-state index is 0.0794. The Hall–Kier alpha value is -2.98. The number of methoxy groups -OCH3 is 2. The molecule has 0 saturated heterocycles. The second-order valence-corrected chi connectivity index (χ2v) is 11.0. The molecule has 0 fully saturated rings. The SMILES string of the molecule is CC[C@@H](C)NC(=O)[C@@H](CC)N(Cc1cccc(OC)c1)C(=O)CN(c1ccc(OC)c(Cl)c1)S(C)(=O)=O. The summed E-state index contributed by atoms with van der Waals surface area (Å²) in [5.41, 5.74) is 0.945. The van der Waals surface area contributed by atoms with Crippen LogP contribution in [0.3, 0.4) is 0 Å². The fourth-order valence-corrected chi connectivity index (χ4v) is 4.85. The molecule has 0 saturated carbocycles. The van der Waals surface area contributed by atoms with E-state index in [9.17, 15) is 18.0 Å². The average Bonchev–Trinajstić information content (AvgIpc) is 2.86. The van der Waals surface area contributed by atoms with E-state index in [4.69, 9.17) is 21.1 Å². The van der Waals surface area contributed by atoms with E-state index < -0.39 is 28.5 Å². The molecule has 0 radical (unpaired) electrons. The van der Waals surface area contributed by atoms with Crippen LogP contribution in [0.1, 0.15) is 39.2 Å². The maximum Gasteiger partial charge on any atom is 0.244 e. The van der Waals surface area contributed by atoms with Crippen molar-refractivity contribution in [3.05, 3.63) is 53.1 Å². The maximum absolute atomic E-state index is 13.8. The van der Waals surface area contributed by atoms with Gasteiger partial charge in [-0.2, -0.15) is 0 Å². The van der Waals surface area contributed by atoms with Gasteiger partial charge in [-0.05, 0) is 55.7 Å². The number of sulfonamides is 1. The van der Waals surface area contributed by atoms with Crippen LogP contribution in [0.15, 0.2) is 42.5 Å². The molecule has 0 aliphatic rings. The fraction of sp³-hybridized carbons (Fsp3) is 0.462. The number of rotatable bonds is 13. The van der Waals surface area contributed by atoms with E-state index in [1.807, 2.05) is 26.8 Å². The lowest BCUT2D eigenvalue weighted by molar-refractivity contribution is -0.140. The van der Waals surface area contributed by atoms with Gasteiger partial charge in [-0.15, -0.1) is 0 Å². The van der Waals surface area contributed by atoms with Crippen molar-refractivity contribution in [1.29, 1.82) is 0 Å². The zero-order valence-corrected chi connectivity index (χ0v) is 23.7. The molecule has 1 N–H and O–H groups in total. The van der Waals surface area contributed by atoms with E-state index in [1.165, 1.54) is 30.2 Å². The number of carbonyl (C=O) groups excluding carboxylic acids is 2. The molecule has 2 aromatic carbocycles. The Bertz CT molecular complexity index is 1190. The second-order valence-electron chi connectivity index (χ2n) is 8.70. The summed E-state index contributed by atoms with van der Waals surface area (Å²) in [4.78, 5) is 28.3. The third kappa shape index (κ3) is 8.26. The number of amides is 2. The zero-order valence-electron chi connectivity index (χ0n) is 22.2. The zero-order chi connectivity index (χ0) is 27.8. The predicted octanol–water partition coefficient (Wildman–Crippen LogP) is 3.85. The summed E-state index contributed by atoms with van der Waals surface area (Å²) < 4.78 is 36.9. The van der Waals surface area contributed by atoms with E-state index in [2.05, 4.69) is 5.32 Å². The standard InChI is InChI=1S/C26H36ClN3O6S/c1-7-18(3)28-26(32)23(8-2)29(16-19-10-9-11-21(14-19)35-4)25(31)17-30(37(6,33)34)20-12-13-24(36-5)22(27)15-20/h9-15,18,23H,7-8,16-17H2,1-6H3,(H,28,32)/t18-,23-/m1/s1. The van der Waals surface area contributed by atoms with Crippen LogP contribution in [0.2, 0.25) is 5.02 Å². The number of carbonyl (C=O) groups is 2. The van der Waals surface area contributed by atoms with Gasteiger partial charge in [-0.1, -0.05) is 37.6 Å². The summed E-state index contributed by atoms with van der Waals surface area (Å²) in [6.45, 7) is 5.22. The number of nitrogens with one attached hydrogen (secondary N) is 1. The highest BCUT2D eigenvalue weighted by Gasteiger charge is 2.32.